The maximum absolute atomic E-state index is 14.0. The number of allylic oxidation sites excluding steroid dienone is 1. The Bertz CT molecular complexity index is 2120. The van der Waals surface area contributed by atoms with Crippen molar-refractivity contribution in [2.45, 2.75) is 19.9 Å². The molecule has 210 valence electrons. The molecule has 1 atom stereocenters. The second kappa shape index (κ2) is 10.9. The van der Waals surface area contributed by atoms with Gasteiger partial charge in [0.15, 0.2) is 4.80 Å². The van der Waals surface area contributed by atoms with E-state index in [0.29, 0.717) is 37.7 Å². The Labute approximate surface area is 247 Å². The van der Waals surface area contributed by atoms with Crippen molar-refractivity contribution in [3.8, 4) is 11.3 Å². The molecule has 5 aromatic rings. The summed E-state index contributed by atoms with van der Waals surface area (Å²) in [6, 6.07) is 20.3. The molecule has 1 aliphatic rings. The van der Waals surface area contributed by atoms with Crippen LogP contribution in [-0.4, -0.2) is 22.1 Å². The third kappa shape index (κ3) is 4.74. The van der Waals surface area contributed by atoms with Gasteiger partial charge in [-0.2, -0.15) is 0 Å². The van der Waals surface area contributed by atoms with Crippen LogP contribution >= 0.6 is 22.9 Å². The molecule has 3 heterocycles. The van der Waals surface area contributed by atoms with E-state index in [2.05, 4.69) is 4.99 Å². The highest BCUT2D eigenvalue weighted by Gasteiger charge is 2.34. The lowest BCUT2D eigenvalue weighted by molar-refractivity contribution is -0.384. The molecule has 0 N–H and O–H groups in total. The number of non-ortho nitro benzene ring substituents is 1. The number of thiazole rings is 1. The fourth-order valence-electron chi connectivity index (χ4n) is 5.10. The number of hydrogen-bond donors (Lipinski definition) is 0. The third-order valence-corrected chi connectivity index (χ3v) is 8.26. The van der Waals surface area contributed by atoms with E-state index in [1.54, 1.807) is 32.1 Å². The van der Waals surface area contributed by atoms with E-state index in [4.69, 9.17) is 20.8 Å². The highest BCUT2D eigenvalue weighted by Crippen LogP contribution is 2.35. The molecule has 2 aromatic heterocycles. The number of carbonyl (C=O) groups is 1. The van der Waals surface area contributed by atoms with Crippen molar-refractivity contribution in [2.24, 2.45) is 4.99 Å². The van der Waals surface area contributed by atoms with Crippen LogP contribution in [0.25, 0.3) is 28.2 Å². The molecule has 0 radical (unpaired) electrons. The van der Waals surface area contributed by atoms with E-state index < -0.39 is 16.9 Å². The zero-order chi connectivity index (χ0) is 29.5. The second-order valence-corrected chi connectivity index (χ2v) is 10.9. The van der Waals surface area contributed by atoms with Gasteiger partial charge < -0.3 is 9.15 Å². The van der Waals surface area contributed by atoms with Crippen LogP contribution in [0.5, 0.6) is 0 Å². The number of nitrogens with zero attached hydrogens (tertiary/aromatic N) is 3. The number of nitro groups is 1. The Morgan fingerprint density at radius 2 is 1.95 bits per heavy atom. The van der Waals surface area contributed by atoms with Gasteiger partial charge in [-0.05, 0) is 48.4 Å². The molecule has 0 amide bonds. The molecule has 0 unspecified atom stereocenters. The molecule has 1 aliphatic heterocycles. The highest BCUT2D eigenvalue weighted by molar-refractivity contribution is 7.07. The molecule has 11 heteroatoms. The minimum Gasteiger partial charge on any atom is -0.463 e. The first-order valence-corrected chi connectivity index (χ1v) is 14.2. The average molecular weight is 600 g/mol. The summed E-state index contributed by atoms with van der Waals surface area (Å²) in [6.07, 6.45) is 1.61. The number of ether oxygens (including phenoxy) is 1. The first kappa shape index (κ1) is 27.4. The van der Waals surface area contributed by atoms with Crippen molar-refractivity contribution in [1.82, 2.24) is 4.57 Å². The topological polar surface area (TPSA) is 117 Å². The first-order chi connectivity index (χ1) is 20.3. The number of benzene rings is 3. The van der Waals surface area contributed by atoms with Crippen molar-refractivity contribution >= 4 is 51.4 Å². The lowest BCUT2D eigenvalue weighted by Gasteiger charge is -2.25. The minimum absolute atomic E-state index is 0.130. The van der Waals surface area contributed by atoms with Crippen LogP contribution in [0.4, 0.5) is 5.69 Å². The largest absolute Gasteiger partial charge is 0.463 e. The van der Waals surface area contributed by atoms with Crippen LogP contribution in [-0.2, 0) is 9.53 Å². The summed E-state index contributed by atoms with van der Waals surface area (Å²) < 4.78 is 13.3. The number of hydrogen-bond acceptors (Lipinski definition) is 8. The van der Waals surface area contributed by atoms with Crippen molar-refractivity contribution in [3.05, 3.63) is 130 Å². The van der Waals surface area contributed by atoms with E-state index in [-0.39, 0.29) is 22.9 Å². The minimum atomic E-state index is -0.750. The molecule has 0 aliphatic carbocycles. The van der Waals surface area contributed by atoms with Crippen LogP contribution in [0, 0.1) is 10.1 Å². The summed E-state index contributed by atoms with van der Waals surface area (Å²) in [5.74, 6) is 0.248. The van der Waals surface area contributed by atoms with Crippen molar-refractivity contribution in [1.29, 1.82) is 0 Å². The van der Waals surface area contributed by atoms with Gasteiger partial charge in [-0.1, -0.05) is 65.4 Å². The SMILES string of the molecule is CCOC(=O)C1=C(C)N=c2s/c(=C/c3ccc(-c4ccc([N+](=O)[O-])cc4Cl)o3)c(=O)n2[C@@H]1c1cccc2ccccc12. The average Bonchev–Trinajstić information content (AvgIpc) is 3.56. The van der Waals surface area contributed by atoms with Gasteiger partial charge in [0, 0.05) is 23.8 Å². The van der Waals surface area contributed by atoms with E-state index in [9.17, 15) is 19.7 Å². The number of nitro benzene ring substituents is 1. The zero-order valence-corrected chi connectivity index (χ0v) is 23.9. The van der Waals surface area contributed by atoms with Gasteiger partial charge in [-0.15, -0.1) is 0 Å². The molecule has 0 fully saturated rings. The molecular weight excluding hydrogens is 578 g/mol. The molecule has 42 heavy (non-hydrogen) atoms. The van der Waals surface area contributed by atoms with E-state index in [1.165, 1.54) is 34.1 Å². The van der Waals surface area contributed by atoms with Gasteiger partial charge in [-0.3, -0.25) is 19.5 Å². The predicted molar refractivity (Wildman–Crippen MR) is 160 cm³/mol. The van der Waals surface area contributed by atoms with Gasteiger partial charge in [0.25, 0.3) is 11.2 Å². The Kier molecular flexibility index (Phi) is 7.09. The molecule has 0 bridgehead atoms. The zero-order valence-electron chi connectivity index (χ0n) is 22.4. The van der Waals surface area contributed by atoms with Crippen LogP contribution in [0.1, 0.15) is 31.2 Å². The quantitative estimate of drug-likeness (QED) is 0.139. The van der Waals surface area contributed by atoms with Gasteiger partial charge in [0.2, 0.25) is 0 Å². The maximum Gasteiger partial charge on any atom is 0.338 e. The van der Waals surface area contributed by atoms with Crippen molar-refractivity contribution in [2.75, 3.05) is 6.61 Å². The Morgan fingerprint density at radius 3 is 2.71 bits per heavy atom. The van der Waals surface area contributed by atoms with E-state index in [1.807, 2.05) is 42.5 Å². The number of rotatable bonds is 6. The van der Waals surface area contributed by atoms with Crippen LogP contribution in [0.2, 0.25) is 5.02 Å². The molecule has 9 nitrogen and oxygen atoms in total. The lowest BCUT2D eigenvalue weighted by atomic mass is 9.91. The lowest BCUT2D eigenvalue weighted by Crippen LogP contribution is -2.40. The molecule has 6 rings (SSSR count). The third-order valence-electron chi connectivity index (χ3n) is 6.96. The number of carbonyl (C=O) groups excluding carboxylic acids is 1. The van der Waals surface area contributed by atoms with Crippen molar-refractivity contribution in [3.63, 3.8) is 0 Å². The molecular formula is C31H22ClN3O6S. The molecule has 3 aromatic carbocycles. The van der Waals surface area contributed by atoms with Crippen LogP contribution < -0.4 is 14.9 Å². The van der Waals surface area contributed by atoms with Crippen molar-refractivity contribution < 1.29 is 18.9 Å². The number of halogens is 1. The summed E-state index contributed by atoms with van der Waals surface area (Å²) in [7, 11) is 0. The highest BCUT2D eigenvalue weighted by atomic mass is 35.5. The molecule has 0 saturated carbocycles. The normalized spacial score (nSPS) is 15.0. The van der Waals surface area contributed by atoms with Gasteiger partial charge >= 0.3 is 5.97 Å². The van der Waals surface area contributed by atoms with Gasteiger partial charge in [0.05, 0.1) is 38.4 Å². The maximum atomic E-state index is 14.0. The number of furan rings is 1. The second-order valence-electron chi connectivity index (χ2n) is 9.49. The number of esters is 1. The summed E-state index contributed by atoms with van der Waals surface area (Å²) >= 11 is 7.47. The Balaban J connectivity index is 1.50. The van der Waals surface area contributed by atoms with Gasteiger partial charge in [0.1, 0.15) is 11.5 Å². The monoisotopic (exact) mass is 599 g/mol. The smallest absolute Gasteiger partial charge is 0.338 e. The Morgan fingerprint density at radius 1 is 1.17 bits per heavy atom. The first-order valence-electron chi connectivity index (χ1n) is 13.0. The Hall–Kier alpha value is -4.80. The molecule has 0 saturated heterocycles. The molecule has 0 spiro atoms. The van der Waals surface area contributed by atoms with E-state index >= 15 is 0 Å². The van der Waals surface area contributed by atoms with E-state index in [0.717, 1.165) is 16.3 Å². The standard InChI is InChI=1S/C31H22ClN3O6S/c1-3-40-30(37)27-17(2)33-31-34(28(27)22-10-6-8-18-7-4-5-9-21(18)22)29(36)26(42-31)16-20-12-14-25(41-20)23-13-11-19(35(38)39)15-24(23)32/h4-16,28H,3H2,1-2H3/b26-16+/t28-/m1/s1. The van der Waals surface area contributed by atoms with Crippen LogP contribution in [0.3, 0.4) is 0 Å². The van der Waals surface area contributed by atoms with Crippen LogP contribution in [0.15, 0.2) is 98.3 Å². The summed E-state index contributed by atoms with van der Waals surface area (Å²) in [4.78, 5) is 42.8. The fraction of sp³-hybridized carbons (Fsp3) is 0.129. The number of fused-ring (bicyclic) bond motifs is 2. The number of aromatic nitrogens is 1. The predicted octanol–water partition coefficient (Wildman–Crippen LogP) is 5.77. The summed E-state index contributed by atoms with van der Waals surface area (Å²) in [5, 5.41) is 13.1. The summed E-state index contributed by atoms with van der Waals surface area (Å²) in [5.41, 5.74) is 1.58. The fourth-order valence-corrected chi connectivity index (χ4v) is 6.39. The summed E-state index contributed by atoms with van der Waals surface area (Å²) in [6.45, 7) is 3.66. The van der Waals surface area contributed by atoms with Gasteiger partial charge in [-0.25, -0.2) is 9.79 Å².